The van der Waals surface area contributed by atoms with Gasteiger partial charge in [0, 0.05) is 0 Å². The highest BCUT2D eigenvalue weighted by atomic mass is 16.5. The number of carbonyl (C=O) groups is 1. The minimum Gasteiger partial charge on any atom is -0.485 e. The van der Waals surface area contributed by atoms with Gasteiger partial charge in [0.25, 0.3) is 0 Å². The molecular weight excluding hydrogens is 206 g/mol. The zero-order chi connectivity index (χ0) is 11.8. The fraction of sp³-hybridized carbons (Fsp3) is 0.417. The summed E-state index contributed by atoms with van der Waals surface area (Å²) >= 11 is 0. The number of anilines is 1. The van der Waals surface area contributed by atoms with Crippen molar-refractivity contribution >= 4 is 11.7 Å². The largest absolute Gasteiger partial charge is 0.485 e. The van der Waals surface area contributed by atoms with Crippen molar-refractivity contribution in [1.29, 1.82) is 0 Å². The highest BCUT2D eigenvalue weighted by molar-refractivity contribution is 5.90. The maximum Gasteiger partial charge on any atom is 0.337 e. The van der Waals surface area contributed by atoms with E-state index in [2.05, 4.69) is 4.74 Å². The Bertz CT molecular complexity index is 424. The summed E-state index contributed by atoms with van der Waals surface area (Å²) in [6.45, 7) is 2.03. The third-order valence-corrected chi connectivity index (χ3v) is 2.75. The lowest BCUT2D eigenvalue weighted by atomic mass is 10.2. The second-order valence-corrected chi connectivity index (χ2v) is 4.30. The quantitative estimate of drug-likeness (QED) is 0.626. The number of benzene rings is 1. The maximum absolute atomic E-state index is 11.3. The monoisotopic (exact) mass is 221 g/mol. The molecule has 4 nitrogen and oxygen atoms in total. The molecule has 2 N–H and O–H groups in total. The van der Waals surface area contributed by atoms with Crippen LogP contribution in [0.5, 0.6) is 5.75 Å². The molecule has 1 aliphatic carbocycles. The van der Waals surface area contributed by atoms with Gasteiger partial charge in [0.1, 0.15) is 11.4 Å². The molecule has 0 aromatic heterocycles. The Morgan fingerprint density at radius 2 is 2.12 bits per heavy atom. The number of rotatable bonds is 3. The number of hydrogen-bond donors (Lipinski definition) is 1. The lowest BCUT2D eigenvalue weighted by Gasteiger charge is -2.15. The predicted octanol–water partition coefficient (Wildman–Crippen LogP) is 1.99. The Morgan fingerprint density at radius 3 is 2.69 bits per heavy atom. The van der Waals surface area contributed by atoms with Crippen molar-refractivity contribution in [3.05, 3.63) is 23.8 Å². The number of nitrogen functional groups attached to an aromatic ring is 1. The fourth-order valence-electron chi connectivity index (χ4n) is 1.41. The summed E-state index contributed by atoms with van der Waals surface area (Å²) in [5, 5.41) is 0. The normalized spacial score (nSPS) is 16.6. The molecule has 0 amide bonds. The van der Waals surface area contributed by atoms with Crippen LogP contribution in [0, 0.1) is 0 Å². The lowest BCUT2D eigenvalue weighted by Crippen LogP contribution is -2.14. The van der Waals surface area contributed by atoms with Crippen molar-refractivity contribution in [2.24, 2.45) is 0 Å². The lowest BCUT2D eigenvalue weighted by molar-refractivity contribution is 0.0600. The topological polar surface area (TPSA) is 61.5 Å². The first-order chi connectivity index (χ1) is 7.54. The first-order valence-corrected chi connectivity index (χ1v) is 5.21. The van der Waals surface area contributed by atoms with E-state index in [4.69, 9.17) is 10.5 Å². The van der Waals surface area contributed by atoms with Gasteiger partial charge < -0.3 is 15.2 Å². The van der Waals surface area contributed by atoms with Crippen LogP contribution < -0.4 is 10.5 Å². The molecule has 4 heteroatoms. The molecule has 1 aliphatic rings. The van der Waals surface area contributed by atoms with Crippen molar-refractivity contribution in [2.75, 3.05) is 12.8 Å². The van der Waals surface area contributed by atoms with Gasteiger partial charge in [0.2, 0.25) is 0 Å². The molecular formula is C12H15NO3. The third kappa shape index (κ3) is 2.10. The second kappa shape index (κ2) is 3.70. The fourth-order valence-corrected chi connectivity index (χ4v) is 1.41. The second-order valence-electron chi connectivity index (χ2n) is 4.30. The van der Waals surface area contributed by atoms with Crippen LogP contribution in [0.2, 0.25) is 0 Å². The molecule has 0 unspecified atom stereocenters. The summed E-state index contributed by atoms with van der Waals surface area (Å²) in [6.07, 6.45) is 2.05. The molecule has 16 heavy (non-hydrogen) atoms. The van der Waals surface area contributed by atoms with E-state index in [1.807, 2.05) is 6.92 Å². The molecule has 0 radical (unpaired) electrons. The molecule has 0 heterocycles. The van der Waals surface area contributed by atoms with Gasteiger partial charge >= 0.3 is 5.97 Å². The van der Waals surface area contributed by atoms with E-state index in [1.54, 1.807) is 18.2 Å². The highest BCUT2D eigenvalue weighted by Crippen LogP contribution is 2.41. The van der Waals surface area contributed by atoms with Gasteiger partial charge in [0.05, 0.1) is 18.4 Å². The van der Waals surface area contributed by atoms with Gasteiger partial charge in [-0.25, -0.2) is 4.79 Å². The number of nitrogens with two attached hydrogens (primary N) is 1. The van der Waals surface area contributed by atoms with Crippen LogP contribution in [0.3, 0.4) is 0 Å². The Hall–Kier alpha value is -1.71. The van der Waals surface area contributed by atoms with Crippen molar-refractivity contribution in [1.82, 2.24) is 0 Å². The zero-order valence-corrected chi connectivity index (χ0v) is 9.45. The van der Waals surface area contributed by atoms with E-state index in [0.717, 1.165) is 12.8 Å². The molecule has 1 saturated carbocycles. The van der Waals surface area contributed by atoms with Gasteiger partial charge in [-0.3, -0.25) is 0 Å². The summed E-state index contributed by atoms with van der Waals surface area (Å²) in [5.74, 6) is 0.175. The maximum atomic E-state index is 11.3. The number of carbonyl (C=O) groups excluding carboxylic acids is 1. The van der Waals surface area contributed by atoms with E-state index >= 15 is 0 Å². The van der Waals surface area contributed by atoms with E-state index < -0.39 is 0 Å². The number of methoxy groups -OCH3 is 1. The van der Waals surface area contributed by atoms with E-state index in [0.29, 0.717) is 17.0 Å². The number of hydrogen-bond acceptors (Lipinski definition) is 4. The van der Waals surface area contributed by atoms with Crippen molar-refractivity contribution in [2.45, 2.75) is 25.4 Å². The van der Waals surface area contributed by atoms with Gasteiger partial charge in [-0.1, -0.05) is 0 Å². The summed E-state index contributed by atoms with van der Waals surface area (Å²) in [7, 11) is 1.35. The van der Waals surface area contributed by atoms with E-state index in [1.165, 1.54) is 7.11 Å². The average molecular weight is 221 g/mol. The minimum atomic E-state index is -0.384. The number of esters is 1. The Kier molecular flexibility index (Phi) is 2.50. The van der Waals surface area contributed by atoms with Gasteiger partial charge in [-0.2, -0.15) is 0 Å². The first-order valence-electron chi connectivity index (χ1n) is 5.21. The van der Waals surface area contributed by atoms with Crippen LogP contribution in [0.25, 0.3) is 0 Å². The molecule has 0 bridgehead atoms. The van der Waals surface area contributed by atoms with Crippen molar-refractivity contribution in [3.63, 3.8) is 0 Å². The van der Waals surface area contributed by atoms with Crippen LogP contribution in [-0.2, 0) is 4.74 Å². The third-order valence-electron chi connectivity index (χ3n) is 2.75. The predicted molar refractivity (Wildman–Crippen MR) is 60.5 cm³/mol. The van der Waals surface area contributed by atoms with Crippen molar-refractivity contribution < 1.29 is 14.3 Å². The van der Waals surface area contributed by atoms with Gasteiger partial charge in [-0.05, 0) is 38.0 Å². The van der Waals surface area contributed by atoms with Gasteiger partial charge in [-0.15, -0.1) is 0 Å². The smallest absolute Gasteiger partial charge is 0.337 e. The van der Waals surface area contributed by atoms with Crippen LogP contribution in [0.1, 0.15) is 30.1 Å². The zero-order valence-electron chi connectivity index (χ0n) is 9.45. The Labute approximate surface area is 94.3 Å². The summed E-state index contributed by atoms with van der Waals surface area (Å²) in [4.78, 5) is 11.3. The Balaban J connectivity index is 2.25. The average Bonchev–Trinajstić information content (AvgIpc) is 2.98. The van der Waals surface area contributed by atoms with Crippen LogP contribution in [0.4, 0.5) is 5.69 Å². The van der Waals surface area contributed by atoms with Crippen LogP contribution >= 0.6 is 0 Å². The molecule has 1 aromatic carbocycles. The van der Waals surface area contributed by atoms with Crippen LogP contribution in [0.15, 0.2) is 18.2 Å². The summed E-state index contributed by atoms with van der Waals surface area (Å²) < 4.78 is 10.4. The minimum absolute atomic E-state index is 0.108. The van der Waals surface area contributed by atoms with E-state index in [9.17, 15) is 4.79 Å². The molecule has 86 valence electrons. The van der Waals surface area contributed by atoms with Crippen LogP contribution in [-0.4, -0.2) is 18.7 Å². The molecule has 2 rings (SSSR count). The molecule has 0 saturated heterocycles. The number of ether oxygens (including phenoxy) is 2. The standard InChI is InChI=1S/C12H15NO3/c1-12(5-6-12)16-10-7-8(11(14)15-2)3-4-9(10)13/h3-4,7H,5-6,13H2,1-2H3. The van der Waals surface area contributed by atoms with Gasteiger partial charge in [0.15, 0.2) is 0 Å². The molecule has 1 fully saturated rings. The highest BCUT2D eigenvalue weighted by Gasteiger charge is 2.40. The molecule has 1 aromatic rings. The first kappa shape index (κ1) is 10.8. The molecule has 0 atom stereocenters. The summed E-state index contributed by atoms with van der Waals surface area (Å²) in [5.41, 5.74) is 6.68. The SMILES string of the molecule is COC(=O)c1ccc(N)c(OC2(C)CC2)c1. The molecule has 0 spiro atoms. The molecule has 0 aliphatic heterocycles. The summed E-state index contributed by atoms with van der Waals surface area (Å²) in [6, 6.07) is 4.92. The van der Waals surface area contributed by atoms with Crippen molar-refractivity contribution in [3.8, 4) is 5.75 Å². The Morgan fingerprint density at radius 1 is 1.44 bits per heavy atom. The van der Waals surface area contributed by atoms with E-state index in [-0.39, 0.29) is 11.6 Å².